The molecule has 2 aromatic rings. The van der Waals surface area contributed by atoms with Crippen LogP contribution in [0.25, 0.3) is 11.3 Å². The van der Waals surface area contributed by atoms with E-state index < -0.39 is 24.1 Å². The van der Waals surface area contributed by atoms with Crippen molar-refractivity contribution in [1.82, 2.24) is 5.32 Å². The lowest BCUT2D eigenvalue weighted by molar-refractivity contribution is -0.128. The van der Waals surface area contributed by atoms with Gasteiger partial charge in [-0.1, -0.05) is 29.3 Å². The van der Waals surface area contributed by atoms with E-state index in [-0.39, 0.29) is 10.8 Å². The van der Waals surface area contributed by atoms with E-state index in [0.717, 1.165) is 7.11 Å². The van der Waals surface area contributed by atoms with Crippen LogP contribution in [0.5, 0.6) is 0 Å². The number of methoxy groups -OCH3 is 1. The third kappa shape index (κ3) is 4.52. The molecule has 0 unspecified atom stereocenters. The van der Waals surface area contributed by atoms with Crippen molar-refractivity contribution in [3.63, 3.8) is 0 Å². The van der Waals surface area contributed by atoms with Crippen LogP contribution in [0.3, 0.4) is 0 Å². The van der Waals surface area contributed by atoms with Crippen LogP contribution in [-0.2, 0) is 14.3 Å². The molecular formula is C16H13Cl2NO6. The van der Waals surface area contributed by atoms with Gasteiger partial charge in [-0.25, -0.2) is 9.59 Å². The second-order valence-corrected chi connectivity index (χ2v) is 5.58. The molecule has 1 aromatic carbocycles. The molecule has 2 rings (SSSR count). The summed E-state index contributed by atoms with van der Waals surface area (Å²) in [6, 6.07) is 7.87. The van der Waals surface area contributed by atoms with E-state index in [0.29, 0.717) is 16.3 Å². The summed E-state index contributed by atoms with van der Waals surface area (Å²) in [5, 5.41) is 2.51. The van der Waals surface area contributed by atoms with Gasteiger partial charge in [-0.05, 0) is 31.2 Å². The molecule has 0 aliphatic heterocycles. The van der Waals surface area contributed by atoms with E-state index in [9.17, 15) is 14.4 Å². The number of nitrogens with one attached hydrogen (secondary N) is 1. The number of esters is 1. The number of hydrogen-bond donors (Lipinski definition) is 1. The van der Waals surface area contributed by atoms with Crippen molar-refractivity contribution in [2.45, 2.75) is 13.0 Å². The fourth-order valence-corrected chi connectivity index (χ4v) is 2.21. The Bertz CT molecular complexity index is 817. The maximum absolute atomic E-state index is 12.0. The largest absolute Gasteiger partial charge is 0.453 e. The Kier molecular flexibility index (Phi) is 6.06. The Morgan fingerprint density at radius 1 is 1.16 bits per heavy atom. The molecule has 0 saturated carbocycles. The third-order valence-electron chi connectivity index (χ3n) is 3.09. The Balaban J connectivity index is 2.09. The lowest BCUT2D eigenvalue weighted by Crippen LogP contribution is -2.39. The highest BCUT2D eigenvalue weighted by Gasteiger charge is 2.23. The van der Waals surface area contributed by atoms with Gasteiger partial charge < -0.3 is 13.9 Å². The third-order valence-corrected chi connectivity index (χ3v) is 3.91. The van der Waals surface area contributed by atoms with Crippen LogP contribution in [-0.4, -0.2) is 31.2 Å². The summed E-state index contributed by atoms with van der Waals surface area (Å²) in [4.78, 5) is 34.6. The molecule has 9 heteroatoms. The molecule has 0 radical (unpaired) electrons. The van der Waals surface area contributed by atoms with Crippen LogP contribution in [0.15, 0.2) is 34.7 Å². The smallest absolute Gasteiger partial charge is 0.413 e. The normalized spacial score (nSPS) is 11.5. The molecule has 1 heterocycles. The molecule has 0 aliphatic rings. The number of benzene rings is 1. The van der Waals surface area contributed by atoms with E-state index in [2.05, 4.69) is 4.74 Å². The Morgan fingerprint density at radius 2 is 1.88 bits per heavy atom. The summed E-state index contributed by atoms with van der Waals surface area (Å²) in [7, 11) is 1.10. The van der Waals surface area contributed by atoms with E-state index in [1.807, 2.05) is 5.32 Å². The van der Waals surface area contributed by atoms with Crippen molar-refractivity contribution in [2.24, 2.45) is 0 Å². The molecular weight excluding hydrogens is 373 g/mol. The summed E-state index contributed by atoms with van der Waals surface area (Å²) in [5.41, 5.74) is 0.504. The monoisotopic (exact) mass is 385 g/mol. The zero-order valence-corrected chi connectivity index (χ0v) is 14.7. The topological polar surface area (TPSA) is 94.8 Å². The van der Waals surface area contributed by atoms with Crippen molar-refractivity contribution in [1.29, 1.82) is 0 Å². The van der Waals surface area contributed by atoms with Crippen molar-refractivity contribution in [3.05, 3.63) is 46.1 Å². The van der Waals surface area contributed by atoms with Gasteiger partial charge in [0.15, 0.2) is 6.10 Å². The molecule has 7 nitrogen and oxygen atoms in total. The van der Waals surface area contributed by atoms with Crippen molar-refractivity contribution < 1.29 is 28.3 Å². The summed E-state index contributed by atoms with van der Waals surface area (Å²) >= 11 is 12.0. The number of imide groups is 1. The van der Waals surface area contributed by atoms with Crippen molar-refractivity contribution in [3.8, 4) is 11.3 Å². The first-order chi connectivity index (χ1) is 11.8. The number of rotatable bonds is 4. The first kappa shape index (κ1) is 18.8. The molecule has 0 fully saturated rings. The van der Waals surface area contributed by atoms with Gasteiger partial charge in [0.1, 0.15) is 5.76 Å². The van der Waals surface area contributed by atoms with E-state index in [1.165, 1.54) is 19.1 Å². The molecule has 1 N–H and O–H groups in total. The molecule has 0 spiro atoms. The number of amides is 2. The SMILES string of the molecule is COC(=O)NC(=O)[C@H](C)OC(=O)c1ccc(-c2cccc(Cl)c2Cl)o1. The predicted octanol–water partition coefficient (Wildman–Crippen LogP) is 3.68. The number of furan rings is 1. The number of alkyl carbamates (subject to hydrolysis) is 1. The number of carbonyl (C=O) groups excluding carboxylic acids is 3. The van der Waals surface area contributed by atoms with Gasteiger partial charge in [-0.15, -0.1) is 0 Å². The number of ether oxygens (including phenoxy) is 2. The number of carbonyl (C=O) groups is 3. The highest BCUT2D eigenvalue weighted by atomic mass is 35.5. The fraction of sp³-hybridized carbons (Fsp3) is 0.188. The molecule has 25 heavy (non-hydrogen) atoms. The van der Waals surface area contributed by atoms with Gasteiger partial charge in [0.05, 0.1) is 17.2 Å². The zero-order valence-electron chi connectivity index (χ0n) is 13.2. The van der Waals surface area contributed by atoms with Gasteiger partial charge in [0.2, 0.25) is 5.76 Å². The van der Waals surface area contributed by atoms with Crippen LogP contribution in [0.1, 0.15) is 17.5 Å². The van der Waals surface area contributed by atoms with Crippen LogP contribution >= 0.6 is 23.2 Å². The van der Waals surface area contributed by atoms with Crippen LogP contribution in [0.4, 0.5) is 4.79 Å². The molecule has 1 aromatic heterocycles. The minimum Gasteiger partial charge on any atom is -0.453 e. The minimum atomic E-state index is -1.23. The lowest BCUT2D eigenvalue weighted by Gasteiger charge is -2.11. The van der Waals surface area contributed by atoms with Crippen molar-refractivity contribution in [2.75, 3.05) is 7.11 Å². The lowest BCUT2D eigenvalue weighted by atomic mass is 10.2. The predicted molar refractivity (Wildman–Crippen MR) is 89.6 cm³/mol. The summed E-state index contributed by atoms with van der Waals surface area (Å²) in [6.07, 6.45) is -2.18. The molecule has 132 valence electrons. The van der Waals surface area contributed by atoms with Crippen LogP contribution in [0, 0.1) is 0 Å². The molecule has 2 amide bonds. The van der Waals surface area contributed by atoms with Gasteiger partial charge in [0, 0.05) is 5.56 Å². The maximum atomic E-state index is 12.0. The number of hydrogen-bond acceptors (Lipinski definition) is 6. The molecule has 1 atom stereocenters. The van der Waals surface area contributed by atoms with Gasteiger partial charge >= 0.3 is 12.1 Å². The van der Waals surface area contributed by atoms with Gasteiger partial charge in [-0.3, -0.25) is 10.1 Å². The number of halogens is 2. The standard InChI is InChI=1S/C16H13Cl2NO6/c1-8(14(20)19-16(22)23-2)24-15(21)12-7-6-11(25-12)9-4-3-5-10(17)13(9)18/h3-8H,1-2H3,(H,19,20,22)/t8-/m0/s1. The quantitative estimate of drug-likeness (QED) is 0.806. The highest BCUT2D eigenvalue weighted by molar-refractivity contribution is 6.43. The maximum Gasteiger partial charge on any atom is 0.413 e. The summed E-state index contributed by atoms with van der Waals surface area (Å²) < 4.78 is 14.6. The second kappa shape index (κ2) is 8.04. The van der Waals surface area contributed by atoms with Gasteiger partial charge in [0.25, 0.3) is 5.91 Å². The first-order valence-corrected chi connectivity index (χ1v) is 7.73. The average Bonchev–Trinajstić information content (AvgIpc) is 3.07. The molecule has 0 aliphatic carbocycles. The fourth-order valence-electron chi connectivity index (χ4n) is 1.81. The molecule has 0 saturated heterocycles. The van der Waals surface area contributed by atoms with E-state index in [1.54, 1.807) is 18.2 Å². The minimum absolute atomic E-state index is 0.135. The second-order valence-electron chi connectivity index (χ2n) is 4.79. The van der Waals surface area contributed by atoms with Gasteiger partial charge in [-0.2, -0.15) is 0 Å². The van der Waals surface area contributed by atoms with Crippen LogP contribution in [0.2, 0.25) is 10.0 Å². The zero-order chi connectivity index (χ0) is 18.6. The highest BCUT2D eigenvalue weighted by Crippen LogP contribution is 2.34. The average molecular weight is 386 g/mol. The van der Waals surface area contributed by atoms with E-state index in [4.69, 9.17) is 32.4 Å². The Morgan fingerprint density at radius 3 is 2.56 bits per heavy atom. The summed E-state index contributed by atoms with van der Waals surface area (Å²) in [5.74, 6) is -1.53. The molecule has 0 bridgehead atoms. The van der Waals surface area contributed by atoms with Crippen molar-refractivity contribution >= 4 is 41.2 Å². The Labute approximate surface area is 152 Å². The Hall–Kier alpha value is -2.51. The van der Waals surface area contributed by atoms with Crippen LogP contribution < -0.4 is 5.32 Å². The first-order valence-electron chi connectivity index (χ1n) is 6.97. The summed E-state index contributed by atoms with van der Waals surface area (Å²) in [6.45, 7) is 1.30. The van der Waals surface area contributed by atoms with E-state index >= 15 is 0 Å².